The fraction of sp³-hybridized carbons (Fsp3) is 1.00. The van der Waals surface area contributed by atoms with Crippen LogP contribution in [0.4, 0.5) is 0 Å². The molecular formula is C14H29NO. The maximum Gasteiger partial charge on any atom is 0.0534 e. The Morgan fingerprint density at radius 3 is 2.31 bits per heavy atom. The second kappa shape index (κ2) is 6.61. The van der Waals surface area contributed by atoms with Crippen LogP contribution < -0.4 is 5.32 Å². The topological polar surface area (TPSA) is 21.3 Å². The Morgan fingerprint density at radius 1 is 1.25 bits per heavy atom. The Hall–Kier alpha value is -0.0800. The molecule has 0 aromatic carbocycles. The minimum Gasteiger partial charge on any atom is -0.381 e. The van der Waals surface area contributed by atoms with Crippen LogP contribution in [-0.4, -0.2) is 25.8 Å². The molecule has 16 heavy (non-hydrogen) atoms. The van der Waals surface area contributed by atoms with Gasteiger partial charge in [-0.1, -0.05) is 27.7 Å². The van der Waals surface area contributed by atoms with Crippen LogP contribution in [0.1, 0.15) is 53.4 Å². The quantitative estimate of drug-likeness (QED) is 0.653. The Kier molecular flexibility index (Phi) is 5.77. The molecule has 96 valence electrons. The average Bonchev–Trinajstić information content (AvgIpc) is 3.07. The lowest BCUT2D eigenvalue weighted by Crippen LogP contribution is -2.40. The Labute approximate surface area is 101 Å². The van der Waals surface area contributed by atoms with Crippen LogP contribution in [0, 0.1) is 11.3 Å². The lowest BCUT2D eigenvalue weighted by molar-refractivity contribution is 0.0313. The van der Waals surface area contributed by atoms with Gasteiger partial charge in [-0.3, -0.25) is 0 Å². The van der Waals surface area contributed by atoms with Crippen LogP contribution in [0.15, 0.2) is 0 Å². The molecule has 1 N–H and O–H groups in total. The molecular weight excluding hydrogens is 198 g/mol. The summed E-state index contributed by atoms with van der Waals surface area (Å²) in [6, 6.07) is 0.570. The molecule has 0 unspecified atom stereocenters. The lowest BCUT2D eigenvalue weighted by atomic mass is 9.83. The van der Waals surface area contributed by atoms with Crippen molar-refractivity contribution in [2.75, 3.05) is 19.8 Å². The van der Waals surface area contributed by atoms with E-state index in [1.54, 1.807) is 0 Å². The van der Waals surface area contributed by atoms with E-state index in [9.17, 15) is 0 Å². The summed E-state index contributed by atoms with van der Waals surface area (Å²) in [6.07, 6.45) is 5.17. The summed E-state index contributed by atoms with van der Waals surface area (Å²) < 4.78 is 5.90. The number of hydrogen-bond acceptors (Lipinski definition) is 2. The fourth-order valence-electron chi connectivity index (χ4n) is 1.90. The summed E-state index contributed by atoms with van der Waals surface area (Å²) in [4.78, 5) is 0. The van der Waals surface area contributed by atoms with Crippen molar-refractivity contribution in [1.82, 2.24) is 5.32 Å². The van der Waals surface area contributed by atoms with Crippen LogP contribution in [0.3, 0.4) is 0 Å². The molecule has 0 aromatic heterocycles. The minimum absolute atomic E-state index is 0.346. The first-order valence-corrected chi connectivity index (χ1v) is 6.93. The normalized spacial score (nSPS) is 17.1. The highest BCUT2D eigenvalue weighted by molar-refractivity contribution is 4.80. The monoisotopic (exact) mass is 227 g/mol. The van der Waals surface area contributed by atoms with Gasteiger partial charge < -0.3 is 10.1 Å². The molecule has 0 saturated heterocycles. The highest BCUT2D eigenvalue weighted by Gasteiger charge is 2.28. The Balaban J connectivity index is 2.29. The third-order valence-corrected chi connectivity index (χ3v) is 3.84. The van der Waals surface area contributed by atoms with Crippen molar-refractivity contribution >= 4 is 0 Å². The predicted octanol–water partition coefficient (Wildman–Crippen LogP) is 3.22. The standard InChI is InChI=1S/C14H29NO/c1-5-14(6-2,10-15-12(3)4)11-16-9-13-7-8-13/h12-13,15H,5-11H2,1-4H3. The second-order valence-electron chi connectivity index (χ2n) is 5.70. The van der Waals surface area contributed by atoms with Gasteiger partial charge in [0.2, 0.25) is 0 Å². The van der Waals surface area contributed by atoms with Gasteiger partial charge >= 0.3 is 0 Å². The second-order valence-corrected chi connectivity index (χ2v) is 5.70. The van der Waals surface area contributed by atoms with Crippen LogP contribution in [0.25, 0.3) is 0 Å². The van der Waals surface area contributed by atoms with Crippen molar-refractivity contribution in [3.8, 4) is 0 Å². The van der Waals surface area contributed by atoms with Crippen molar-refractivity contribution < 1.29 is 4.74 Å². The SMILES string of the molecule is CCC(CC)(CNC(C)C)COCC1CC1. The maximum absolute atomic E-state index is 5.90. The van der Waals surface area contributed by atoms with E-state index in [1.165, 1.54) is 25.7 Å². The molecule has 1 fully saturated rings. The molecule has 0 heterocycles. The van der Waals surface area contributed by atoms with Gasteiger partial charge in [-0.25, -0.2) is 0 Å². The highest BCUT2D eigenvalue weighted by Crippen LogP contribution is 2.31. The molecule has 0 aliphatic heterocycles. The van der Waals surface area contributed by atoms with Gasteiger partial charge in [0.15, 0.2) is 0 Å². The van der Waals surface area contributed by atoms with Gasteiger partial charge in [0.1, 0.15) is 0 Å². The molecule has 0 spiro atoms. The van der Waals surface area contributed by atoms with Gasteiger partial charge in [0, 0.05) is 24.6 Å². The summed E-state index contributed by atoms with van der Waals surface area (Å²) in [7, 11) is 0. The zero-order valence-electron chi connectivity index (χ0n) is 11.5. The summed E-state index contributed by atoms with van der Waals surface area (Å²) in [5.41, 5.74) is 0.346. The molecule has 2 nitrogen and oxygen atoms in total. The Morgan fingerprint density at radius 2 is 1.88 bits per heavy atom. The molecule has 1 saturated carbocycles. The maximum atomic E-state index is 5.90. The van der Waals surface area contributed by atoms with E-state index in [2.05, 4.69) is 33.0 Å². The summed E-state index contributed by atoms with van der Waals surface area (Å²) in [6.45, 7) is 12.0. The molecule has 0 bridgehead atoms. The van der Waals surface area contributed by atoms with Crippen molar-refractivity contribution in [2.45, 2.75) is 59.4 Å². The van der Waals surface area contributed by atoms with Crippen molar-refractivity contribution in [3.63, 3.8) is 0 Å². The number of ether oxygens (including phenoxy) is 1. The van der Waals surface area contributed by atoms with E-state index in [0.717, 1.165) is 25.7 Å². The van der Waals surface area contributed by atoms with Gasteiger partial charge in [-0.05, 0) is 31.6 Å². The van der Waals surface area contributed by atoms with Gasteiger partial charge in [0.25, 0.3) is 0 Å². The third-order valence-electron chi connectivity index (χ3n) is 3.84. The zero-order valence-corrected chi connectivity index (χ0v) is 11.5. The summed E-state index contributed by atoms with van der Waals surface area (Å²) in [5, 5.41) is 3.56. The largest absolute Gasteiger partial charge is 0.381 e. The highest BCUT2D eigenvalue weighted by atomic mass is 16.5. The first-order valence-electron chi connectivity index (χ1n) is 6.93. The Bertz CT molecular complexity index is 183. The first kappa shape index (κ1) is 14.0. The van der Waals surface area contributed by atoms with E-state index < -0.39 is 0 Å². The molecule has 2 heteroatoms. The first-order chi connectivity index (χ1) is 7.62. The van der Waals surface area contributed by atoms with E-state index in [0.29, 0.717) is 11.5 Å². The van der Waals surface area contributed by atoms with Crippen molar-refractivity contribution in [1.29, 1.82) is 0 Å². The van der Waals surface area contributed by atoms with Crippen LogP contribution >= 0.6 is 0 Å². The zero-order chi connectivity index (χ0) is 12.0. The number of rotatable bonds is 9. The number of nitrogens with one attached hydrogen (secondary N) is 1. The van der Waals surface area contributed by atoms with E-state index >= 15 is 0 Å². The molecule has 1 aliphatic carbocycles. The molecule has 0 aromatic rings. The molecule has 0 atom stereocenters. The molecule has 0 radical (unpaired) electrons. The molecule has 1 rings (SSSR count). The lowest BCUT2D eigenvalue weighted by Gasteiger charge is -2.32. The fourth-order valence-corrected chi connectivity index (χ4v) is 1.90. The van der Waals surface area contributed by atoms with Crippen LogP contribution in [0.2, 0.25) is 0 Å². The summed E-state index contributed by atoms with van der Waals surface area (Å²) >= 11 is 0. The van der Waals surface area contributed by atoms with Crippen molar-refractivity contribution in [2.24, 2.45) is 11.3 Å². The molecule has 0 amide bonds. The smallest absolute Gasteiger partial charge is 0.0534 e. The van der Waals surface area contributed by atoms with E-state index in [1.807, 2.05) is 0 Å². The minimum atomic E-state index is 0.346. The van der Waals surface area contributed by atoms with Gasteiger partial charge in [-0.2, -0.15) is 0 Å². The van der Waals surface area contributed by atoms with Gasteiger partial charge in [0.05, 0.1) is 6.61 Å². The van der Waals surface area contributed by atoms with Crippen LogP contribution in [-0.2, 0) is 4.74 Å². The predicted molar refractivity (Wildman–Crippen MR) is 69.7 cm³/mol. The van der Waals surface area contributed by atoms with Crippen molar-refractivity contribution in [3.05, 3.63) is 0 Å². The van der Waals surface area contributed by atoms with E-state index in [4.69, 9.17) is 4.74 Å². The van der Waals surface area contributed by atoms with Gasteiger partial charge in [-0.15, -0.1) is 0 Å². The van der Waals surface area contributed by atoms with Crippen LogP contribution in [0.5, 0.6) is 0 Å². The number of hydrogen-bond donors (Lipinski definition) is 1. The third kappa shape index (κ3) is 4.84. The average molecular weight is 227 g/mol. The summed E-state index contributed by atoms with van der Waals surface area (Å²) in [5.74, 6) is 0.879. The molecule has 1 aliphatic rings. The van der Waals surface area contributed by atoms with E-state index in [-0.39, 0.29) is 0 Å².